The van der Waals surface area contributed by atoms with E-state index in [9.17, 15) is 9.00 Å². The molecule has 1 aliphatic heterocycles. The van der Waals surface area contributed by atoms with Gasteiger partial charge in [-0.05, 0) is 38.0 Å². The molecule has 5 nitrogen and oxygen atoms in total. The lowest BCUT2D eigenvalue weighted by Crippen LogP contribution is -2.30. The molecule has 0 aliphatic carbocycles. The van der Waals surface area contributed by atoms with Gasteiger partial charge in [0.25, 0.3) is 0 Å². The largest absolute Gasteiger partial charge is 0.398 e. The van der Waals surface area contributed by atoms with Crippen molar-refractivity contribution in [3.05, 3.63) is 23.8 Å². The molecule has 1 saturated heterocycles. The molecule has 0 spiro atoms. The molecule has 0 aromatic heterocycles. The normalized spacial score (nSPS) is 23.5. The van der Waals surface area contributed by atoms with Crippen LogP contribution in [0, 0.1) is 6.92 Å². The Bertz CT molecular complexity index is 533. The smallest absolute Gasteiger partial charge is 0.237 e. The predicted molar refractivity (Wildman–Crippen MR) is 81.0 cm³/mol. The van der Waals surface area contributed by atoms with Gasteiger partial charge in [0.05, 0.1) is 11.4 Å². The highest BCUT2D eigenvalue weighted by Gasteiger charge is 2.30. The van der Waals surface area contributed by atoms with Crippen LogP contribution in [-0.2, 0) is 20.3 Å². The Morgan fingerprint density at radius 1 is 1.55 bits per heavy atom. The molecule has 6 heteroatoms. The van der Waals surface area contributed by atoms with Gasteiger partial charge >= 0.3 is 0 Å². The fraction of sp³-hybridized carbons (Fsp3) is 0.500. The zero-order valence-corrected chi connectivity index (χ0v) is 12.5. The second-order valence-electron chi connectivity index (χ2n) is 5.05. The third-order valence-corrected chi connectivity index (χ3v) is 5.32. The van der Waals surface area contributed by atoms with Crippen molar-refractivity contribution >= 4 is 28.1 Å². The molecule has 0 radical (unpaired) electrons. The molecule has 1 aromatic rings. The SMILES string of the molecule is Cc1ccc(NC(=O)CS(=O)C2CCOC2C)cc1N. The van der Waals surface area contributed by atoms with Crippen LogP contribution >= 0.6 is 0 Å². The molecule has 1 aliphatic rings. The van der Waals surface area contributed by atoms with E-state index in [4.69, 9.17) is 10.5 Å². The van der Waals surface area contributed by atoms with Gasteiger partial charge < -0.3 is 15.8 Å². The second-order valence-corrected chi connectivity index (χ2v) is 6.70. The fourth-order valence-corrected chi connectivity index (χ4v) is 3.62. The first-order chi connectivity index (χ1) is 9.47. The van der Waals surface area contributed by atoms with Crippen LogP contribution in [-0.4, -0.2) is 33.8 Å². The number of carbonyl (C=O) groups is 1. The average Bonchev–Trinajstić information content (AvgIpc) is 2.80. The van der Waals surface area contributed by atoms with Crippen molar-refractivity contribution < 1.29 is 13.7 Å². The molecule has 0 bridgehead atoms. The predicted octanol–water partition coefficient (Wildman–Crippen LogP) is 1.44. The minimum atomic E-state index is -1.21. The third-order valence-electron chi connectivity index (χ3n) is 3.48. The molecular weight excluding hydrogens is 276 g/mol. The van der Waals surface area contributed by atoms with Crippen LogP contribution in [0.25, 0.3) is 0 Å². The van der Waals surface area contributed by atoms with Crippen LogP contribution in [0.3, 0.4) is 0 Å². The van der Waals surface area contributed by atoms with Crippen molar-refractivity contribution in [2.24, 2.45) is 0 Å². The van der Waals surface area contributed by atoms with E-state index in [0.29, 0.717) is 18.0 Å². The lowest BCUT2D eigenvalue weighted by Gasteiger charge is -2.13. The minimum Gasteiger partial charge on any atom is -0.398 e. The van der Waals surface area contributed by atoms with Crippen LogP contribution in [0.2, 0.25) is 0 Å². The van der Waals surface area contributed by atoms with Gasteiger partial charge in [0.15, 0.2) is 0 Å². The maximum atomic E-state index is 12.1. The van der Waals surface area contributed by atoms with E-state index in [1.807, 2.05) is 19.9 Å². The number of carbonyl (C=O) groups excluding carboxylic acids is 1. The first-order valence-electron chi connectivity index (χ1n) is 6.62. The summed E-state index contributed by atoms with van der Waals surface area (Å²) in [5, 5.41) is 2.67. The molecule has 3 atom stereocenters. The van der Waals surface area contributed by atoms with Crippen LogP contribution in [0.15, 0.2) is 18.2 Å². The number of aryl methyl sites for hydroxylation is 1. The molecule has 3 N–H and O–H groups in total. The quantitative estimate of drug-likeness (QED) is 0.824. The number of nitrogen functional groups attached to an aromatic ring is 1. The zero-order valence-electron chi connectivity index (χ0n) is 11.7. The van der Waals surface area contributed by atoms with Gasteiger partial charge in [-0.15, -0.1) is 0 Å². The number of benzene rings is 1. The molecule has 110 valence electrons. The van der Waals surface area contributed by atoms with Gasteiger partial charge in [0, 0.05) is 28.8 Å². The number of hydrogen-bond donors (Lipinski definition) is 2. The van der Waals surface area contributed by atoms with E-state index in [-0.39, 0.29) is 23.0 Å². The lowest BCUT2D eigenvalue weighted by molar-refractivity contribution is -0.113. The first-order valence-corrected chi connectivity index (χ1v) is 8.00. The number of ether oxygens (including phenoxy) is 1. The van der Waals surface area contributed by atoms with E-state index >= 15 is 0 Å². The Kier molecular flexibility index (Phi) is 4.77. The van der Waals surface area contributed by atoms with Crippen LogP contribution in [0.4, 0.5) is 11.4 Å². The molecule has 1 amide bonds. The maximum absolute atomic E-state index is 12.1. The molecular formula is C14H20N2O3S. The topological polar surface area (TPSA) is 81.4 Å². The van der Waals surface area contributed by atoms with Crippen molar-refractivity contribution in [3.8, 4) is 0 Å². The summed E-state index contributed by atoms with van der Waals surface area (Å²) in [7, 11) is -1.21. The highest BCUT2D eigenvalue weighted by molar-refractivity contribution is 7.86. The number of amides is 1. The summed E-state index contributed by atoms with van der Waals surface area (Å²) in [6.07, 6.45) is 0.706. The molecule has 1 fully saturated rings. The van der Waals surface area contributed by atoms with Crippen molar-refractivity contribution in [2.45, 2.75) is 31.6 Å². The van der Waals surface area contributed by atoms with Crippen LogP contribution < -0.4 is 11.1 Å². The van der Waals surface area contributed by atoms with Gasteiger partial charge in [0.1, 0.15) is 5.75 Å². The van der Waals surface area contributed by atoms with Crippen molar-refractivity contribution in [3.63, 3.8) is 0 Å². The van der Waals surface area contributed by atoms with E-state index in [2.05, 4.69) is 5.32 Å². The number of hydrogen-bond acceptors (Lipinski definition) is 4. The van der Waals surface area contributed by atoms with E-state index < -0.39 is 10.8 Å². The molecule has 3 unspecified atom stereocenters. The summed E-state index contributed by atoms with van der Waals surface area (Å²) in [6.45, 7) is 4.42. The van der Waals surface area contributed by atoms with E-state index in [0.717, 1.165) is 12.0 Å². The summed E-state index contributed by atoms with van der Waals surface area (Å²) in [5.74, 6) is -0.266. The number of nitrogens with two attached hydrogens (primary N) is 1. The highest BCUT2D eigenvalue weighted by Crippen LogP contribution is 2.20. The van der Waals surface area contributed by atoms with Gasteiger partial charge in [-0.2, -0.15) is 0 Å². The molecule has 1 heterocycles. The van der Waals surface area contributed by atoms with E-state index in [1.165, 1.54) is 0 Å². The molecule has 1 aromatic carbocycles. The van der Waals surface area contributed by atoms with Crippen molar-refractivity contribution in [1.82, 2.24) is 0 Å². The Labute approximate surface area is 121 Å². The monoisotopic (exact) mass is 296 g/mol. The Morgan fingerprint density at radius 3 is 2.90 bits per heavy atom. The van der Waals surface area contributed by atoms with Gasteiger partial charge in [0.2, 0.25) is 5.91 Å². The summed E-state index contributed by atoms with van der Waals surface area (Å²) < 4.78 is 17.5. The van der Waals surface area contributed by atoms with Crippen LogP contribution in [0.5, 0.6) is 0 Å². The Balaban J connectivity index is 1.91. The van der Waals surface area contributed by atoms with Crippen molar-refractivity contribution in [1.29, 1.82) is 0 Å². The van der Waals surface area contributed by atoms with Gasteiger partial charge in [-0.3, -0.25) is 9.00 Å². The minimum absolute atomic E-state index is 0.00779. The van der Waals surface area contributed by atoms with Crippen molar-refractivity contribution in [2.75, 3.05) is 23.4 Å². The summed E-state index contributed by atoms with van der Waals surface area (Å²) in [6, 6.07) is 5.33. The lowest BCUT2D eigenvalue weighted by atomic mass is 10.2. The summed E-state index contributed by atoms with van der Waals surface area (Å²) in [4.78, 5) is 11.9. The van der Waals surface area contributed by atoms with Crippen LogP contribution in [0.1, 0.15) is 18.9 Å². The Hall–Kier alpha value is -1.40. The molecule has 2 rings (SSSR count). The number of rotatable bonds is 4. The highest BCUT2D eigenvalue weighted by atomic mass is 32.2. The molecule has 20 heavy (non-hydrogen) atoms. The Morgan fingerprint density at radius 2 is 2.30 bits per heavy atom. The fourth-order valence-electron chi connectivity index (χ4n) is 2.21. The number of anilines is 2. The second kappa shape index (κ2) is 6.37. The third kappa shape index (κ3) is 3.58. The summed E-state index contributed by atoms with van der Waals surface area (Å²) >= 11 is 0. The average molecular weight is 296 g/mol. The maximum Gasteiger partial charge on any atom is 0.237 e. The zero-order chi connectivity index (χ0) is 14.7. The van der Waals surface area contributed by atoms with Gasteiger partial charge in [-0.25, -0.2) is 0 Å². The standard InChI is InChI=1S/C14H20N2O3S/c1-9-3-4-11(7-12(9)15)16-14(17)8-20(18)13-5-6-19-10(13)2/h3-4,7,10,13H,5-6,8,15H2,1-2H3,(H,16,17). The first kappa shape index (κ1) is 15.0. The van der Waals surface area contributed by atoms with E-state index in [1.54, 1.807) is 12.1 Å². The number of nitrogens with one attached hydrogen (secondary N) is 1. The molecule has 0 saturated carbocycles. The summed E-state index contributed by atoms with van der Waals surface area (Å²) in [5.41, 5.74) is 8.01. The van der Waals surface area contributed by atoms with Gasteiger partial charge in [-0.1, -0.05) is 6.07 Å².